The van der Waals surface area contributed by atoms with E-state index in [1.807, 2.05) is 0 Å². The number of nitrogens with one attached hydrogen (secondary N) is 1. The van der Waals surface area contributed by atoms with Crippen LogP contribution in [0.15, 0.2) is 59.3 Å². The molecule has 1 aliphatic rings. The van der Waals surface area contributed by atoms with Gasteiger partial charge in [-0.05, 0) is 30.7 Å². The Morgan fingerprint density at radius 1 is 1.03 bits per heavy atom. The summed E-state index contributed by atoms with van der Waals surface area (Å²) in [6.45, 7) is 2.15. The van der Waals surface area contributed by atoms with Gasteiger partial charge < -0.3 is 15.5 Å². The van der Waals surface area contributed by atoms with Crippen molar-refractivity contribution in [3.63, 3.8) is 0 Å². The summed E-state index contributed by atoms with van der Waals surface area (Å²) < 4.78 is 25.8. The summed E-state index contributed by atoms with van der Waals surface area (Å²) >= 11 is 0. The van der Waals surface area contributed by atoms with Gasteiger partial charge in [-0.3, -0.25) is 13.9 Å². The molecular weight excluding hydrogens is 446 g/mol. The number of unbranched alkanes of at least 4 members (excludes halogenated alkanes) is 4. The fourth-order valence-corrected chi connectivity index (χ4v) is 4.57. The van der Waals surface area contributed by atoms with E-state index < -0.39 is 27.7 Å². The van der Waals surface area contributed by atoms with Gasteiger partial charge in [0.15, 0.2) is 11.5 Å². The summed E-state index contributed by atoms with van der Waals surface area (Å²) in [5, 5.41) is 21.1. The summed E-state index contributed by atoms with van der Waals surface area (Å²) in [4.78, 5) is 26.3. The number of hydrogen-bond acceptors (Lipinski definition) is 6. The van der Waals surface area contributed by atoms with E-state index in [1.54, 1.807) is 30.3 Å². The number of aromatic nitrogens is 1. The first-order valence-electron chi connectivity index (χ1n) is 10.7. The topological polar surface area (TPSA) is 137 Å². The second-order valence-corrected chi connectivity index (χ2v) is 9.33. The van der Waals surface area contributed by atoms with E-state index in [-0.39, 0.29) is 22.0 Å². The van der Waals surface area contributed by atoms with Crippen LogP contribution in [-0.4, -0.2) is 46.8 Å². The van der Waals surface area contributed by atoms with Crippen molar-refractivity contribution >= 4 is 33.5 Å². The Kier molecular flexibility index (Phi) is 9.41. The van der Waals surface area contributed by atoms with Gasteiger partial charge >= 0.3 is 5.97 Å². The normalized spacial score (nSPS) is 14.1. The van der Waals surface area contributed by atoms with E-state index in [2.05, 4.69) is 17.2 Å². The Morgan fingerprint density at radius 3 is 2.33 bits per heavy atom. The highest BCUT2D eigenvalue weighted by atomic mass is 32.2. The molecule has 1 aromatic heterocycles. The molecule has 178 valence electrons. The highest BCUT2D eigenvalue weighted by Crippen LogP contribution is 2.34. The number of amides is 1. The number of benzene rings is 1. The monoisotopic (exact) mass is 475 g/mol. The number of anilines is 1. The molecule has 3 rings (SSSR count). The second kappa shape index (κ2) is 12.0. The largest absolute Gasteiger partial charge is 0.505 e. The maximum absolute atomic E-state index is 12.5. The number of fused-ring (bicyclic) bond motifs is 1. The Bertz CT molecular complexity index is 1100. The predicted molar refractivity (Wildman–Crippen MR) is 125 cm³/mol. The van der Waals surface area contributed by atoms with Gasteiger partial charge in [0.25, 0.3) is 15.9 Å². The van der Waals surface area contributed by atoms with Gasteiger partial charge in [0.05, 0.1) is 4.90 Å². The number of hydrogen-bond donors (Lipinski definition) is 3. The maximum Gasteiger partial charge on any atom is 0.303 e. The zero-order valence-corrected chi connectivity index (χ0v) is 19.5. The lowest BCUT2D eigenvalue weighted by Gasteiger charge is -2.28. The quantitative estimate of drug-likeness (QED) is 0.491. The number of aliphatic carboxylic acids is 1. The van der Waals surface area contributed by atoms with Crippen LogP contribution in [0, 0.1) is 0 Å². The molecule has 0 unspecified atom stereocenters. The SMILES string of the molecule is CCCCCCCC(=O)O.CN1C(C(=O)Nc2ccccn2)=C(O)c2ccccc2S1(=O)=O. The molecule has 0 bridgehead atoms. The number of sulfonamides is 1. The lowest BCUT2D eigenvalue weighted by atomic mass is 10.1. The van der Waals surface area contributed by atoms with Crippen LogP contribution in [0.1, 0.15) is 51.0 Å². The highest BCUT2D eigenvalue weighted by molar-refractivity contribution is 7.89. The summed E-state index contributed by atoms with van der Waals surface area (Å²) in [5.41, 5.74) is -0.258. The fourth-order valence-electron chi connectivity index (χ4n) is 3.17. The highest BCUT2D eigenvalue weighted by Gasteiger charge is 2.37. The van der Waals surface area contributed by atoms with E-state index in [4.69, 9.17) is 5.11 Å². The number of aliphatic hydroxyl groups excluding tert-OH is 1. The van der Waals surface area contributed by atoms with Gasteiger partial charge in [-0.15, -0.1) is 0 Å². The number of carboxylic acid groups (broad SMARTS) is 1. The molecule has 0 spiro atoms. The molecule has 0 aliphatic carbocycles. The molecule has 1 aliphatic heterocycles. The number of nitrogens with zero attached hydrogens (tertiary/aromatic N) is 2. The first kappa shape index (κ1) is 25.9. The second-order valence-electron chi connectivity index (χ2n) is 7.39. The minimum Gasteiger partial charge on any atom is -0.505 e. The molecule has 33 heavy (non-hydrogen) atoms. The van der Waals surface area contributed by atoms with E-state index in [0.29, 0.717) is 6.42 Å². The van der Waals surface area contributed by atoms with E-state index in [1.165, 1.54) is 44.6 Å². The smallest absolute Gasteiger partial charge is 0.303 e. The van der Waals surface area contributed by atoms with Gasteiger partial charge in [0.2, 0.25) is 0 Å². The van der Waals surface area contributed by atoms with E-state index >= 15 is 0 Å². The lowest BCUT2D eigenvalue weighted by Crippen LogP contribution is -2.37. The number of carbonyl (C=O) groups excluding carboxylic acids is 1. The molecule has 0 atom stereocenters. The van der Waals surface area contributed by atoms with Gasteiger partial charge in [-0.1, -0.05) is 50.8 Å². The van der Waals surface area contributed by atoms with Crippen LogP contribution in [0.3, 0.4) is 0 Å². The predicted octanol–water partition coefficient (Wildman–Crippen LogP) is 4.01. The first-order chi connectivity index (χ1) is 15.7. The zero-order valence-electron chi connectivity index (χ0n) is 18.7. The third-order valence-corrected chi connectivity index (χ3v) is 6.75. The Labute approximate surface area is 193 Å². The van der Waals surface area contributed by atoms with Crippen LogP contribution in [0.5, 0.6) is 0 Å². The minimum atomic E-state index is -3.91. The van der Waals surface area contributed by atoms with Gasteiger partial charge in [-0.2, -0.15) is 0 Å². The third kappa shape index (κ3) is 6.79. The van der Waals surface area contributed by atoms with Crippen molar-refractivity contribution in [2.24, 2.45) is 0 Å². The average molecular weight is 476 g/mol. The standard InChI is InChI=1S/C15H13N3O4S.C8H16O2/c1-18-13(15(20)17-12-8-4-5-9-16-12)14(19)10-6-2-3-7-11(10)23(18,21)22;1-2-3-4-5-6-7-8(9)10/h2-9,19H,1H3,(H,16,17,20);2-7H2,1H3,(H,9,10). The Hall–Kier alpha value is -3.40. The zero-order chi connectivity index (χ0) is 24.4. The Balaban J connectivity index is 0.000000328. The Morgan fingerprint density at radius 2 is 1.70 bits per heavy atom. The van der Waals surface area contributed by atoms with Crippen molar-refractivity contribution in [3.05, 3.63) is 59.9 Å². The van der Waals surface area contributed by atoms with Crippen molar-refractivity contribution < 1.29 is 28.2 Å². The maximum atomic E-state index is 12.5. The molecule has 0 fully saturated rings. The first-order valence-corrected chi connectivity index (χ1v) is 12.1. The molecule has 9 nitrogen and oxygen atoms in total. The van der Waals surface area contributed by atoms with Crippen LogP contribution >= 0.6 is 0 Å². The summed E-state index contributed by atoms with van der Waals surface area (Å²) in [7, 11) is -2.69. The van der Waals surface area contributed by atoms with Crippen LogP contribution in [-0.2, 0) is 19.6 Å². The minimum absolute atomic E-state index is 0.0469. The number of carboxylic acids is 1. The molecule has 3 N–H and O–H groups in total. The van der Waals surface area contributed by atoms with Crippen molar-refractivity contribution in [3.8, 4) is 0 Å². The number of likely N-dealkylation sites (N-methyl/N-ethyl adjacent to an activating group) is 1. The van der Waals surface area contributed by atoms with Crippen molar-refractivity contribution in [1.29, 1.82) is 0 Å². The fraction of sp³-hybridized carbons (Fsp3) is 0.348. The van der Waals surface area contributed by atoms with Crippen molar-refractivity contribution in [2.45, 2.75) is 50.3 Å². The number of carbonyl (C=O) groups is 2. The number of aliphatic hydroxyl groups is 1. The molecule has 0 saturated carbocycles. The third-order valence-electron chi connectivity index (χ3n) is 4.94. The van der Waals surface area contributed by atoms with Crippen molar-refractivity contribution in [2.75, 3.05) is 12.4 Å². The van der Waals surface area contributed by atoms with Crippen LogP contribution in [0.2, 0.25) is 0 Å². The molecule has 2 heterocycles. The molecular formula is C23H29N3O6S. The van der Waals surface area contributed by atoms with E-state index in [9.17, 15) is 23.1 Å². The summed E-state index contributed by atoms with van der Waals surface area (Å²) in [6, 6.07) is 10.9. The van der Waals surface area contributed by atoms with Gasteiger partial charge in [0, 0.05) is 25.2 Å². The van der Waals surface area contributed by atoms with E-state index in [0.717, 1.165) is 17.1 Å². The molecule has 0 saturated heterocycles. The molecule has 10 heteroatoms. The lowest BCUT2D eigenvalue weighted by molar-refractivity contribution is -0.137. The van der Waals surface area contributed by atoms with Crippen molar-refractivity contribution in [1.82, 2.24) is 9.29 Å². The molecule has 1 amide bonds. The number of pyridine rings is 1. The molecule has 2 aromatic rings. The van der Waals surface area contributed by atoms with Gasteiger partial charge in [0.1, 0.15) is 5.82 Å². The van der Waals surface area contributed by atoms with Crippen LogP contribution in [0.4, 0.5) is 5.82 Å². The summed E-state index contributed by atoms with van der Waals surface area (Å²) in [6.07, 6.45) is 7.37. The van der Waals surface area contributed by atoms with Gasteiger partial charge in [-0.25, -0.2) is 13.4 Å². The summed E-state index contributed by atoms with van der Waals surface area (Å²) in [5.74, 6) is -1.58. The average Bonchev–Trinajstić information content (AvgIpc) is 2.79. The molecule has 1 aromatic carbocycles. The number of rotatable bonds is 8. The van der Waals surface area contributed by atoms with Crippen LogP contribution in [0.25, 0.3) is 5.76 Å². The molecule has 0 radical (unpaired) electrons. The van der Waals surface area contributed by atoms with Crippen LogP contribution < -0.4 is 5.32 Å².